The van der Waals surface area contributed by atoms with Crippen LogP contribution < -0.4 is 5.32 Å². The van der Waals surface area contributed by atoms with Crippen molar-refractivity contribution in [3.8, 4) is 11.3 Å². The van der Waals surface area contributed by atoms with E-state index in [0.717, 1.165) is 33.3 Å². The Morgan fingerprint density at radius 3 is 2.64 bits per heavy atom. The van der Waals surface area contributed by atoms with E-state index in [9.17, 15) is 14.3 Å². The number of amides is 1. The molecule has 0 fully saturated rings. The Bertz CT molecular complexity index is 900. The van der Waals surface area contributed by atoms with Gasteiger partial charge in [-0.2, -0.15) is 0 Å². The molecule has 0 aliphatic carbocycles. The van der Waals surface area contributed by atoms with Gasteiger partial charge in [-0.3, -0.25) is 4.79 Å². The third-order valence-corrected chi connectivity index (χ3v) is 4.41. The highest BCUT2D eigenvalue weighted by Crippen LogP contribution is 2.30. The number of hydrogen-bond donors (Lipinski definition) is 3. The first-order chi connectivity index (χ1) is 12.0. The Morgan fingerprint density at radius 2 is 1.96 bits per heavy atom. The van der Waals surface area contributed by atoms with Crippen LogP contribution in [0.25, 0.3) is 22.2 Å². The summed E-state index contributed by atoms with van der Waals surface area (Å²) in [4.78, 5) is 15.1. The van der Waals surface area contributed by atoms with Crippen molar-refractivity contribution in [2.24, 2.45) is 0 Å². The van der Waals surface area contributed by atoms with Gasteiger partial charge in [-0.1, -0.05) is 13.0 Å². The molecule has 1 atom stereocenters. The van der Waals surface area contributed by atoms with E-state index < -0.39 is 6.10 Å². The fourth-order valence-corrected chi connectivity index (χ4v) is 2.88. The van der Waals surface area contributed by atoms with Crippen molar-refractivity contribution in [2.45, 2.75) is 32.9 Å². The minimum absolute atomic E-state index is 0.259. The Labute approximate surface area is 145 Å². The van der Waals surface area contributed by atoms with Gasteiger partial charge in [0.1, 0.15) is 11.9 Å². The number of hydrogen-bond acceptors (Lipinski definition) is 2. The molecule has 25 heavy (non-hydrogen) atoms. The zero-order valence-corrected chi connectivity index (χ0v) is 14.3. The van der Waals surface area contributed by atoms with Crippen molar-refractivity contribution in [3.05, 3.63) is 59.4 Å². The highest BCUT2D eigenvalue weighted by molar-refractivity contribution is 5.91. The third kappa shape index (κ3) is 3.56. The van der Waals surface area contributed by atoms with Crippen LogP contribution in [-0.2, 0) is 11.3 Å². The summed E-state index contributed by atoms with van der Waals surface area (Å²) < 4.78 is 13.1. The fourth-order valence-electron chi connectivity index (χ4n) is 2.88. The van der Waals surface area contributed by atoms with Crippen molar-refractivity contribution in [1.29, 1.82) is 0 Å². The van der Waals surface area contributed by atoms with Crippen LogP contribution >= 0.6 is 0 Å². The van der Waals surface area contributed by atoms with E-state index in [-0.39, 0.29) is 11.7 Å². The number of aryl methyl sites for hydroxylation is 1. The number of halogens is 1. The summed E-state index contributed by atoms with van der Waals surface area (Å²) >= 11 is 0. The maximum Gasteiger partial charge on any atom is 0.249 e. The minimum atomic E-state index is -0.970. The molecule has 5 heteroatoms. The summed E-state index contributed by atoms with van der Waals surface area (Å²) in [5.74, 6) is -0.620. The quantitative estimate of drug-likeness (QED) is 0.663. The van der Waals surface area contributed by atoms with Gasteiger partial charge in [0.15, 0.2) is 0 Å². The molecule has 0 radical (unpaired) electrons. The fraction of sp³-hybridized carbons (Fsp3) is 0.250. The van der Waals surface area contributed by atoms with Crippen LogP contribution in [0.2, 0.25) is 0 Å². The van der Waals surface area contributed by atoms with Gasteiger partial charge in [0.25, 0.3) is 0 Å². The number of carbonyl (C=O) groups excluding carboxylic acids is 1. The van der Waals surface area contributed by atoms with Crippen molar-refractivity contribution in [1.82, 2.24) is 10.3 Å². The van der Waals surface area contributed by atoms with Crippen molar-refractivity contribution < 1.29 is 14.3 Å². The second kappa shape index (κ2) is 7.07. The Balaban J connectivity index is 1.87. The van der Waals surface area contributed by atoms with Crippen LogP contribution in [0.15, 0.2) is 42.5 Å². The van der Waals surface area contributed by atoms with Crippen molar-refractivity contribution >= 4 is 16.8 Å². The van der Waals surface area contributed by atoms with Gasteiger partial charge in [0.05, 0.1) is 0 Å². The number of nitrogens with one attached hydrogen (secondary N) is 2. The lowest BCUT2D eigenvalue weighted by Gasteiger charge is -2.09. The van der Waals surface area contributed by atoms with Crippen LogP contribution in [0.5, 0.6) is 0 Å². The monoisotopic (exact) mass is 340 g/mol. The van der Waals surface area contributed by atoms with Crippen LogP contribution in [0.3, 0.4) is 0 Å². The number of aromatic nitrogens is 1. The number of aliphatic hydroxyl groups excluding tert-OH is 1. The molecule has 0 saturated carbocycles. The van der Waals surface area contributed by atoms with E-state index in [4.69, 9.17) is 0 Å². The van der Waals surface area contributed by atoms with Crippen LogP contribution in [-0.4, -0.2) is 22.1 Å². The second-order valence-corrected chi connectivity index (χ2v) is 6.15. The average molecular weight is 340 g/mol. The summed E-state index contributed by atoms with van der Waals surface area (Å²) in [5, 5.41) is 13.3. The topological polar surface area (TPSA) is 65.1 Å². The SMILES string of the molecule is CC[C@H](O)C(=O)NCc1ccc2[nH]c(-c3ccc(F)cc3)c(C)c2c1. The first kappa shape index (κ1) is 17.2. The third-order valence-electron chi connectivity index (χ3n) is 4.41. The van der Waals surface area contributed by atoms with Gasteiger partial charge in [0, 0.05) is 23.1 Å². The van der Waals surface area contributed by atoms with Crippen molar-refractivity contribution in [3.63, 3.8) is 0 Å². The number of rotatable bonds is 5. The molecule has 3 N–H and O–H groups in total. The molecule has 130 valence electrons. The molecule has 3 aromatic rings. The lowest BCUT2D eigenvalue weighted by atomic mass is 10.0. The summed E-state index contributed by atoms with van der Waals surface area (Å²) in [6.07, 6.45) is -0.578. The lowest BCUT2D eigenvalue weighted by Crippen LogP contribution is -2.33. The number of H-pyrrole nitrogens is 1. The van der Waals surface area contributed by atoms with Gasteiger partial charge < -0.3 is 15.4 Å². The molecular formula is C20H21FN2O2. The molecule has 0 saturated heterocycles. The van der Waals surface area contributed by atoms with Gasteiger partial charge >= 0.3 is 0 Å². The molecule has 0 aliphatic heterocycles. The zero-order valence-electron chi connectivity index (χ0n) is 14.3. The molecule has 1 aromatic heterocycles. The van der Waals surface area contributed by atoms with Crippen LogP contribution in [0.1, 0.15) is 24.5 Å². The van der Waals surface area contributed by atoms with E-state index in [1.807, 2.05) is 25.1 Å². The average Bonchev–Trinajstić information content (AvgIpc) is 2.96. The number of aromatic amines is 1. The Kier molecular flexibility index (Phi) is 4.86. The first-order valence-corrected chi connectivity index (χ1v) is 8.32. The first-order valence-electron chi connectivity index (χ1n) is 8.32. The van der Waals surface area contributed by atoms with E-state index in [0.29, 0.717) is 13.0 Å². The van der Waals surface area contributed by atoms with Gasteiger partial charge in [-0.15, -0.1) is 0 Å². The van der Waals surface area contributed by atoms with Crippen molar-refractivity contribution in [2.75, 3.05) is 0 Å². The van der Waals surface area contributed by atoms with Crippen LogP contribution in [0.4, 0.5) is 4.39 Å². The Morgan fingerprint density at radius 1 is 1.24 bits per heavy atom. The molecule has 0 aliphatic rings. The normalized spacial score (nSPS) is 12.3. The van der Waals surface area contributed by atoms with E-state index in [1.54, 1.807) is 19.1 Å². The zero-order chi connectivity index (χ0) is 18.0. The molecule has 4 nitrogen and oxygen atoms in total. The number of carbonyl (C=O) groups is 1. The maximum atomic E-state index is 13.1. The molecule has 1 amide bonds. The maximum absolute atomic E-state index is 13.1. The minimum Gasteiger partial charge on any atom is -0.383 e. The summed E-state index contributed by atoms with van der Waals surface area (Å²) in [7, 11) is 0. The summed E-state index contributed by atoms with van der Waals surface area (Å²) in [5.41, 5.74) is 4.90. The molecule has 1 heterocycles. The van der Waals surface area contributed by atoms with E-state index in [1.165, 1.54) is 12.1 Å². The van der Waals surface area contributed by atoms with Crippen LogP contribution in [0, 0.1) is 12.7 Å². The lowest BCUT2D eigenvalue weighted by molar-refractivity contribution is -0.129. The number of fused-ring (bicyclic) bond motifs is 1. The molecule has 0 spiro atoms. The highest BCUT2D eigenvalue weighted by Gasteiger charge is 2.13. The predicted octanol–water partition coefficient (Wildman–Crippen LogP) is 3.67. The highest BCUT2D eigenvalue weighted by atomic mass is 19.1. The van der Waals surface area contributed by atoms with Gasteiger partial charge in [-0.05, 0) is 66.4 Å². The largest absolute Gasteiger partial charge is 0.383 e. The predicted molar refractivity (Wildman–Crippen MR) is 96.6 cm³/mol. The molecule has 0 bridgehead atoms. The number of benzene rings is 2. The molecular weight excluding hydrogens is 319 g/mol. The molecule has 3 rings (SSSR count). The molecule has 0 unspecified atom stereocenters. The van der Waals surface area contributed by atoms with Gasteiger partial charge in [-0.25, -0.2) is 4.39 Å². The smallest absolute Gasteiger partial charge is 0.249 e. The second-order valence-electron chi connectivity index (χ2n) is 6.15. The summed E-state index contributed by atoms with van der Waals surface area (Å²) in [6, 6.07) is 12.3. The summed E-state index contributed by atoms with van der Waals surface area (Å²) in [6.45, 7) is 4.14. The van der Waals surface area contributed by atoms with Gasteiger partial charge in [0.2, 0.25) is 5.91 Å². The molecule has 2 aromatic carbocycles. The Hall–Kier alpha value is -2.66. The number of aliphatic hydroxyl groups is 1. The standard InChI is InChI=1S/C20H21FN2O2/c1-3-18(24)20(25)22-11-13-4-9-17-16(10-13)12(2)19(23-17)14-5-7-15(21)8-6-14/h4-10,18,23-24H,3,11H2,1-2H3,(H,22,25)/t18-/m0/s1. The van der Waals surface area contributed by atoms with E-state index >= 15 is 0 Å². The van der Waals surface area contributed by atoms with E-state index in [2.05, 4.69) is 10.3 Å².